The summed E-state index contributed by atoms with van der Waals surface area (Å²) in [4.78, 5) is 0. The largest absolute Gasteiger partial charge is 0.229 e. The van der Waals surface area contributed by atoms with Gasteiger partial charge in [-0.2, -0.15) is 0 Å². The van der Waals surface area contributed by atoms with Crippen LogP contribution in [0.2, 0.25) is 0 Å². The zero-order chi connectivity index (χ0) is 7.91. The summed E-state index contributed by atoms with van der Waals surface area (Å²) in [6.45, 7) is 4.36. The first kappa shape index (κ1) is 11.7. The van der Waals surface area contributed by atoms with Crippen molar-refractivity contribution in [2.75, 3.05) is 6.26 Å². The van der Waals surface area contributed by atoms with E-state index in [1.165, 1.54) is 12.8 Å². The fourth-order valence-electron chi connectivity index (χ4n) is 0. The monoisotopic (exact) mass is 153 g/mol. The van der Waals surface area contributed by atoms with Crippen molar-refractivity contribution in [3.05, 3.63) is 0 Å². The lowest BCUT2D eigenvalue weighted by Gasteiger charge is -1.71. The molecule has 0 radical (unpaired) electrons. The number of nitrogens with two attached hydrogens (primary N) is 1. The van der Waals surface area contributed by atoms with Gasteiger partial charge < -0.3 is 0 Å². The Kier molecular flexibility index (Phi) is 7.83. The minimum atomic E-state index is -3.17. The lowest BCUT2D eigenvalue weighted by molar-refractivity contribution is 0.603. The molecular weight excluding hydrogens is 138 g/mol. The zero-order valence-corrected chi connectivity index (χ0v) is 7.03. The standard InChI is InChI=1S/C4H10.CH5NO2S/c1-3-4-2;1-5(2,3)4/h3-4H2,1-2H3;1H3,(H2,2,3,4). The second kappa shape index (κ2) is 6.04. The van der Waals surface area contributed by atoms with E-state index in [9.17, 15) is 8.42 Å². The predicted molar refractivity (Wildman–Crippen MR) is 39.6 cm³/mol. The van der Waals surface area contributed by atoms with Crippen LogP contribution in [-0.4, -0.2) is 14.7 Å². The molecule has 0 fully saturated rings. The molecular formula is C5H15NO2S. The number of unbranched alkanes of at least 4 members (excludes halogenated alkanes) is 1. The normalized spacial score (nSPS) is 9.78. The first-order chi connectivity index (χ1) is 3.91. The van der Waals surface area contributed by atoms with Crippen molar-refractivity contribution in [3.63, 3.8) is 0 Å². The fourth-order valence-corrected chi connectivity index (χ4v) is 0. The molecule has 9 heavy (non-hydrogen) atoms. The van der Waals surface area contributed by atoms with Crippen molar-refractivity contribution in [1.29, 1.82) is 0 Å². The summed E-state index contributed by atoms with van der Waals surface area (Å²) in [6.07, 6.45) is 3.58. The average Bonchev–Trinajstić information content (AvgIpc) is 1.61. The number of rotatable bonds is 1. The Balaban J connectivity index is 0. The SMILES string of the molecule is CCCC.CS(N)(=O)=O. The third-order valence-electron chi connectivity index (χ3n) is 0.500. The van der Waals surface area contributed by atoms with Gasteiger partial charge in [0.05, 0.1) is 6.26 Å². The topological polar surface area (TPSA) is 60.2 Å². The number of hydrogen-bond donors (Lipinski definition) is 1. The molecule has 0 spiro atoms. The molecule has 0 aromatic carbocycles. The van der Waals surface area contributed by atoms with Crippen LogP contribution in [0.15, 0.2) is 0 Å². The zero-order valence-electron chi connectivity index (χ0n) is 6.22. The Morgan fingerprint density at radius 2 is 1.33 bits per heavy atom. The van der Waals surface area contributed by atoms with Crippen molar-refractivity contribution >= 4 is 10.0 Å². The minimum Gasteiger partial charge on any atom is -0.229 e. The highest BCUT2D eigenvalue weighted by molar-refractivity contribution is 7.88. The van der Waals surface area contributed by atoms with Gasteiger partial charge in [0.2, 0.25) is 10.0 Å². The Hall–Kier alpha value is -0.0900. The van der Waals surface area contributed by atoms with Crippen LogP contribution < -0.4 is 5.14 Å². The van der Waals surface area contributed by atoms with Crippen LogP contribution in [0.5, 0.6) is 0 Å². The van der Waals surface area contributed by atoms with Gasteiger partial charge >= 0.3 is 0 Å². The van der Waals surface area contributed by atoms with Gasteiger partial charge in [-0.25, -0.2) is 13.6 Å². The molecule has 0 bridgehead atoms. The van der Waals surface area contributed by atoms with Crippen molar-refractivity contribution in [1.82, 2.24) is 0 Å². The van der Waals surface area contributed by atoms with Crippen molar-refractivity contribution < 1.29 is 8.42 Å². The number of hydrogen-bond acceptors (Lipinski definition) is 2. The van der Waals surface area contributed by atoms with E-state index < -0.39 is 10.0 Å². The highest BCUT2D eigenvalue weighted by Gasteiger charge is 1.78. The molecule has 3 nitrogen and oxygen atoms in total. The van der Waals surface area contributed by atoms with Crippen LogP contribution in [0.4, 0.5) is 0 Å². The van der Waals surface area contributed by atoms with Crippen molar-refractivity contribution in [3.8, 4) is 0 Å². The first-order valence-corrected chi connectivity index (χ1v) is 4.85. The predicted octanol–water partition coefficient (Wildman–Crippen LogP) is 0.711. The third kappa shape index (κ3) is 334. The second-order valence-electron chi connectivity index (χ2n) is 1.83. The van der Waals surface area contributed by atoms with Crippen LogP contribution in [0.1, 0.15) is 26.7 Å². The van der Waals surface area contributed by atoms with Gasteiger partial charge in [0.1, 0.15) is 0 Å². The molecule has 0 saturated carbocycles. The molecule has 0 saturated heterocycles. The van der Waals surface area contributed by atoms with Crippen LogP contribution in [0, 0.1) is 0 Å². The van der Waals surface area contributed by atoms with E-state index in [0.717, 1.165) is 6.26 Å². The summed E-state index contributed by atoms with van der Waals surface area (Å²) in [6, 6.07) is 0. The van der Waals surface area contributed by atoms with Crippen LogP contribution in [0.25, 0.3) is 0 Å². The lowest BCUT2D eigenvalue weighted by Crippen LogP contribution is -2.07. The van der Waals surface area contributed by atoms with Gasteiger partial charge in [-0.1, -0.05) is 26.7 Å². The first-order valence-electron chi connectivity index (χ1n) is 2.89. The van der Waals surface area contributed by atoms with E-state index in [-0.39, 0.29) is 0 Å². The summed E-state index contributed by atoms with van der Waals surface area (Å²) in [5, 5.41) is 4.33. The number of sulfonamides is 1. The van der Waals surface area contributed by atoms with Gasteiger partial charge in [-0.3, -0.25) is 0 Å². The molecule has 4 heteroatoms. The molecule has 0 atom stereocenters. The summed E-state index contributed by atoms with van der Waals surface area (Å²) in [5.74, 6) is 0. The molecule has 0 aliphatic carbocycles. The van der Waals surface area contributed by atoms with Crippen molar-refractivity contribution in [2.45, 2.75) is 26.7 Å². The van der Waals surface area contributed by atoms with E-state index >= 15 is 0 Å². The van der Waals surface area contributed by atoms with Crippen molar-refractivity contribution in [2.24, 2.45) is 5.14 Å². The molecule has 0 aliphatic heterocycles. The molecule has 0 aliphatic rings. The smallest absolute Gasteiger partial charge is 0.206 e. The molecule has 58 valence electrons. The van der Waals surface area contributed by atoms with E-state index in [1.54, 1.807) is 0 Å². The van der Waals surface area contributed by atoms with Gasteiger partial charge in [-0.15, -0.1) is 0 Å². The van der Waals surface area contributed by atoms with Gasteiger partial charge in [0, 0.05) is 0 Å². The minimum absolute atomic E-state index is 0.938. The molecule has 0 aromatic rings. The molecule has 2 N–H and O–H groups in total. The Labute approximate surface area is 57.3 Å². The van der Waals surface area contributed by atoms with Crippen LogP contribution in [-0.2, 0) is 10.0 Å². The summed E-state index contributed by atoms with van der Waals surface area (Å²) < 4.78 is 18.8. The third-order valence-corrected chi connectivity index (χ3v) is 0.500. The Morgan fingerprint density at radius 1 is 1.22 bits per heavy atom. The average molecular weight is 153 g/mol. The molecule has 0 unspecified atom stereocenters. The van der Waals surface area contributed by atoms with Gasteiger partial charge in [0.15, 0.2) is 0 Å². The molecule has 0 heterocycles. The Morgan fingerprint density at radius 3 is 1.33 bits per heavy atom. The van der Waals surface area contributed by atoms with Crippen LogP contribution in [0.3, 0.4) is 0 Å². The highest BCUT2D eigenvalue weighted by atomic mass is 32.2. The summed E-state index contributed by atoms with van der Waals surface area (Å²) in [5.41, 5.74) is 0. The summed E-state index contributed by atoms with van der Waals surface area (Å²) >= 11 is 0. The molecule has 0 amide bonds. The van der Waals surface area contributed by atoms with E-state index in [1.807, 2.05) is 0 Å². The highest BCUT2D eigenvalue weighted by Crippen LogP contribution is 1.76. The van der Waals surface area contributed by atoms with E-state index in [4.69, 9.17) is 0 Å². The summed E-state index contributed by atoms with van der Waals surface area (Å²) in [7, 11) is -3.17. The molecule has 0 rings (SSSR count). The maximum Gasteiger partial charge on any atom is 0.206 e. The quantitative estimate of drug-likeness (QED) is 0.603. The maximum absolute atomic E-state index is 9.41. The fraction of sp³-hybridized carbons (Fsp3) is 1.00. The van der Waals surface area contributed by atoms with E-state index in [2.05, 4.69) is 19.0 Å². The van der Waals surface area contributed by atoms with Crippen LogP contribution >= 0.6 is 0 Å². The lowest BCUT2D eigenvalue weighted by atomic mass is 10.4. The number of primary sulfonamides is 1. The Bertz CT molecular complexity index is 118. The van der Waals surface area contributed by atoms with Gasteiger partial charge in [-0.05, 0) is 0 Å². The maximum atomic E-state index is 9.41. The van der Waals surface area contributed by atoms with E-state index in [0.29, 0.717) is 0 Å². The second-order valence-corrected chi connectivity index (χ2v) is 3.49. The van der Waals surface area contributed by atoms with Gasteiger partial charge in [0.25, 0.3) is 0 Å². The molecule has 0 aromatic heterocycles.